The summed E-state index contributed by atoms with van der Waals surface area (Å²) >= 11 is 0. The van der Waals surface area contributed by atoms with E-state index in [2.05, 4.69) is 21.2 Å². The number of carboxylic acids is 2. The molecule has 3 rings (SSSR count). The van der Waals surface area contributed by atoms with E-state index >= 15 is 0 Å². The van der Waals surface area contributed by atoms with Gasteiger partial charge in [0.1, 0.15) is 0 Å². The van der Waals surface area contributed by atoms with E-state index in [1.54, 1.807) is 12.4 Å². The van der Waals surface area contributed by atoms with Crippen LogP contribution < -0.4 is 0 Å². The van der Waals surface area contributed by atoms with Crippen LogP contribution in [0, 0.1) is 0 Å². The summed E-state index contributed by atoms with van der Waals surface area (Å²) in [5, 5.41) is 26.3. The summed E-state index contributed by atoms with van der Waals surface area (Å²) in [5.41, 5.74) is 1.99. The average molecular weight is 339 g/mol. The normalized spacial score (nSPS) is 9.92. The molecule has 7 nitrogen and oxygen atoms in total. The minimum Gasteiger partial charge on any atom is -0.481 e. The largest absolute Gasteiger partial charge is 0.481 e. The molecule has 0 bridgehead atoms. The predicted molar refractivity (Wildman–Crippen MR) is 91.1 cm³/mol. The first kappa shape index (κ1) is 18.0. The maximum absolute atomic E-state index is 9.64. The summed E-state index contributed by atoms with van der Waals surface area (Å²) in [6.45, 7) is 0. The average Bonchev–Trinajstić information content (AvgIpc) is 2.62. The Morgan fingerprint density at radius 3 is 2.24 bits per heavy atom. The van der Waals surface area contributed by atoms with Gasteiger partial charge in [-0.1, -0.05) is 30.3 Å². The predicted octanol–water partition coefficient (Wildman–Crippen LogP) is 2.55. The van der Waals surface area contributed by atoms with E-state index in [1.807, 2.05) is 36.4 Å². The Hall–Kier alpha value is -3.35. The van der Waals surface area contributed by atoms with Crippen LogP contribution in [0.1, 0.15) is 24.2 Å². The maximum Gasteiger partial charge on any atom is 0.303 e. The van der Waals surface area contributed by atoms with Gasteiger partial charge in [0.15, 0.2) is 0 Å². The van der Waals surface area contributed by atoms with E-state index in [9.17, 15) is 9.59 Å². The molecular formula is C18H17N3O4. The first-order chi connectivity index (χ1) is 12.1. The molecule has 3 aromatic rings. The number of fused-ring (bicyclic) bond motifs is 1. The Labute approximate surface area is 144 Å². The molecule has 1 aromatic carbocycles. The fourth-order valence-electron chi connectivity index (χ4n) is 2.11. The van der Waals surface area contributed by atoms with Crippen LogP contribution in [0.2, 0.25) is 0 Å². The van der Waals surface area contributed by atoms with E-state index < -0.39 is 11.9 Å². The fourth-order valence-corrected chi connectivity index (χ4v) is 2.11. The Morgan fingerprint density at radius 1 is 0.920 bits per heavy atom. The van der Waals surface area contributed by atoms with Gasteiger partial charge in [-0.25, -0.2) is 0 Å². The molecule has 0 saturated carbocycles. The van der Waals surface area contributed by atoms with Gasteiger partial charge in [-0.3, -0.25) is 14.6 Å². The number of nitrogens with zero attached hydrogens (tertiary/aromatic N) is 3. The molecule has 0 saturated heterocycles. The molecule has 7 heteroatoms. The fraction of sp³-hybridized carbons (Fsp3) is 0.167. The van der Waals surface area contributed by atoms with Crippen LogP contribution in [-0.4, -0.2) is 37.3 Å². The van der Waals surface area contributed by atoms with Crippen molar-refractivity contribution in [3.63, 3.8) is 0 Å². The number of pyridine rings is 1. The molecule has 2 aromatic heterocycles. The second kappa shape index (κ2) is 9.07. The molecule has 0 aliphatic heterocycles. The molecule has 0 spiro atoms. The monoisotopic (exact) mass is 339 g/mol. The van der Waals surface area contributed by atoms with Crippen molar-refractivity contribution in [2.45, 2.75) is 19.3 Å². The standard InChI is InChI=1S/C14H11N3.C4H6O4/c1-2-7-13-11(5-1)10-16-17-14(13)9-12-6-3-4-8-15-12;5-3(6)1-2-4(7)8/h1-8,10H,9H2;1-2H2,(H,5,6)(H,7,8). The van der Waals surface area contributed by atoms with Crippen LogP contribution in [-0.2, 0) is 16.0 Å². The molecule has 2 N–H and O–H groups in total. The highest BCUT2D eigenvalue weighted by Gasteiger charge is 2.04. The molecule has 0 atom stereocenters. The topological polar surface area (TPSA) is 113 Å². The van der Waals surface area contributed by atoms with Crippen LogP contribution in [0.4, 0.5) is 0 Å². The van der Waals surface area contributed by atoms with Crippen molar-refractivity contribution in [2.75, 3.05) is 0 Å². The minimum atomic E-state index is -1.08. The summed E-state index contributed by atoms with van der Waals surface area (Å²) in [5.74, 6) is -2.15. The molecule has 0 radical (unpaired) electrons. The smallest absolute Gasteiger partial charge is 0.303 e. The number of benzene rings is 1. The number of carboxylic acid groups (broad SMARTS) is 2. The van der Waals surface area contributed by atoms with Crippen molar-refractivity contribution < 1.29 is 19.8 Å². The summed E-state index contributed by atoms with van der Waals surface area (Å²) in [7, 11) is 0. The number of hydrogen-bond donors (Lipinski definition) is 2. The zero-order valence-corrected chi connectivity index (χ0v) is 13.4. The van der Waals surface area contributed by atoms with Gasteiger partial charge < -0.3 is 10.2 Å². The zero-order chi connectivity index (χ0) is 18.1. The lowest BCUT2D eigenvalue weighted by Gasteiger charge is -2.03. The minimum absolute atomic E-state index is 0.296. The second-order valence-corrected chi connectivity index (χ2v) is 5.16. The molecule has 0 unspecified atom stereocenters. The summed E-state index contributed by atoms with van der Waals surface area (Å²) in [6, 6.07) is 14.1. The molecule has 0 aliphatic rings. The van der Waals surface area contributed by atoms with Gasteiger partial charge in [-0.15, -0.1) is 0 Å². The van der Waals surface area contributed by atoms with Gasteiger partial charge in [0.2, 0.25) is 0 Å². The molecule has 128 valence electrons. The Morgan fingerprint density at radius 2 is 1.60 bits per heavy atom. The van der Waals surface area contributed by atoms with Crippen LogP contribution in [0.3, 0.4) is 0 Å². The first-order valence-corrected chi connectivity index (χ1v) is 7.59. The van der Waals surface area contributed by atoms with Crippen molar-refractivity contribution in [1.29, 1.82) is 0 Å². The number of hydrogen-bond acceptors (Lipinski definition) is 5. The van der Waals surface area contributed by atoms with Crippen molar-refractivity contribution >= 4 is 22.7 Å². The number of rotatable bonds is 5. The van der Waals surface area contributed by atoms with Crippen LogP contribution in [0.15, 0.2) is 54.9 Å². The summed E-state index contributed by atoms with van der Waals surface area (Å²) in [6.07, 6.45) is 3.71. The van der Waals surface area contributed by atoms with E-state index in [-0.39, 0.29) is 12.8 Å². The third kappa shape index (κ3) is 5.98. The molecular weight excluding hydrogens is 322 g/mol. The number of aliphatic carboxylic acids is 2. The van der Waals surface area contributed by atoms with E-state index in [1.165, 1.54) is 0 Å². The van der Waals surface area contributed by atoms with Crippen molar-refractivity contribution in [2.24, 2.45) is 0 Å². The molecule has 0 aliphatic carbocycles. The lowest BCUT2D eigenvalue weighted by atomic mass is 10.1. The molecule has 0 fully saturated rings. The third-order valence-electron chi connectivity index (χ3n) is 3.27. The Bertz CT molecular complexity index is 834. The quantitative estimate of drug-likeness (QED) is 0.734. The lowest BCUT2D eigenvalue weighted by molar-refractivity contribution is -0.143. The molecule has 2 heterocycles. The highest BCUT2D eigenvalue weighted by molar-refractivity contribution is 5.83. The Kier molecular flexibility index (Phi) is 6.53. The van der Waals surface area contributed by atoms with Crippen LogP contribution in [0.25, 0.3) is 10.8 Å². The molecule has 25 heavy (non-hydrogen) atoms. The lowest BCUT2D eigenvalue weighted by Crippen LogP contribution is -2.00. The third-order valence-corrected chi connectivity index (χ3v) is 3.27. The van der Waals surface area contributed by atoms with Gasteiger partial charge in [-0.2, -0.15) is 10.2 Å². The SMILES string of the molecule is O=C(O)CCC(=O)O.c1ccc(Cc2nncc3ccccc23)nc1. The van der Waals surface area contributed by atoms with E-state index in [4.69, 9.17) is 10.2 Å². The van der Waals surface area contributed by atoms with E-state index in [0.717, 1.165) is 28.6 Å². The van der Waals surface area contributed by atoms with E-state index in [0.29, 0.717) is 0 Å². The first-order valence-electron chi connectivity index (χ1n) is 7.59. The van der Waals surface area contributed by atoms with Gasteiger partial charge >= 0.3 is 11.9 Å². The Balaban J connectivity index is 0.000000242. The highest BCUT2D eigenvalue weighted by atomic mass is 16.4. The highest BCUT2D eigenvalue weighted by Crippen LogP contribution is 2.17. The van der Waals surface area contributed by atoms with Crippen LogP contribution >= 0.6 is 0 Å². The van der Waals surface area contributed by atoms with Crippen molar-refractivity contribution in [1.82, 2.24) is 15.2 Å². The van der Waals surface area contributed by atoms with Crippen LogP contribution in [0.5, 0.6) is 0 Å². The summed E-state index contributed by atoms with van der Waals surface area (Å²) in [4.78, 5) is 23.6. The maximum atomic E-state index is 9.64. The zero-order valence-electron chi connectivity index (χ0n) is 13.4. The van der Waals surface area contributed by atoms with Crippen molar-refractivity contribution in [3.05, 3.63) is 66.2 Å². The number of aromatic nitrogens is 3. The number of carbonyl (C=O) groups is 2. The van der Waals surface area contributed by atoms with Gasteiger partial charge in [0.25, 0.3) is 0 Å². The van der Waals surface area contributed by atoms with Gasteiger partial charge in [0.05, 0.1) is 24.7 Å². The second-order valence-electron chi connectivity index (χ2n) is 5.16. The van der Waals surface area contributed by atoms with Gasteiger partial charge in [0, 0.05) is 29.1 Å². The van der Waals surface area contributed by atoms with Gasteiger partial charge in [-0.05, 0) is 12.1 Å². The summed E-state index contributed by atoms with van der Waals surface area (Å²) < 4.78 is 0. The van der Waals surface area contributed by atoms with Crippen molar-refractivity contribution in [3.8, 4) is 0 Å². The molecule has 0 amide bonds.